The van der Waals surface area contributed by atoms with Crippen LogP contribution in [0, 0.1) is 23.2 Å². The van der Waals surface area contributed by atoms with E-state index in [0.29, 0.717) is 28.9 Å². The van der Waals surface area contributed by atoms with Crippen LogP contribution in [0.15, 0.2) is 61.2 Å². The van der Waals surface area contributed by atoms with Crippen molar-refractivity contribution in [1.29, 1.82) is 5.26 Å². The largest absolute Gasteiger partial charge is 0.416 e. The van der Waals surface area contributed by atoms with E-state index in [4.69, 9.17) is 5.26 Å². The topological polar surface area (TPSA) is 72.5 Å². The number of rotatable bonds is 5. The van der Waals surface area contributed by atoms with Gasteiger partial charge in [-0.05, 0) is 48.5 Å². The Morgan fingerprint density at radius 1 is 0.974 bits per heavy atom. The molecule has 0 atom stereocenters. The minimum atomic E-state index is -4.44. The Morgan fingerprint density at radius 3 is 2.56 bits per heavy atom. The molecule has 39 heavy (non-hydrogen) atoms. The number of hydrogen-bond acceptors (Lipinski definition) is 6. The average Bonchev–Trinajstić information content (AvgIpc) is 3.34. The highest BCUT2D eigenvalue weighted by Gasteiger charge is 2.34. The molecule has 10 heteroatoms. The Hall–Kier alpha value is -4.38. The van der Waals surface area contributed by atoms with Gasteiger partial charge in [0.2, 0.25) is 0 Å². The van der Waals surface area contributed by atoms with Crippen LogP contribution in [-0.2, 0) is 19.3 Å². The molecule has 1 aliphatic heterocycles. The number of fused-ring (bicyclic) bond motifs is 1. The number of halogens is 3. The van der Waals surface area contributed by atoms with Crippen LogP contribution in [0.3, 0.4) is 0 Å². The zero-order valence-corrected chi connectivity index (χ0v) is 21.3. The van der Waals surface area contributed by atoms with Gasteiger partial charge in [0.1, 0.15) is 0 Å². The molecule has 1 aromatic carbocycles. The summed E-state index contributed by atoms with van der Waals surface area (Å²) in [4.78, 5) is 8.47. The highest BCUT2D eigenvalue weighted by Crippen LogP contribution is 2.34. The van der Waals surface area contributed by atoms with Crippen molar-refractivity contribution in [1.82, 2.24) is 24.4 Å². The Morgan fingerprint density at radius 2 is 1.79 bits per heavy atom. The summed E-state index contributed by atoms with van der Waals surface area (Å²) < 4.78 is 43.3. The van der Waals surface area contributed by atoms with E-state index in [1.54, 1.807) is 53.6 Å². The maximum absolute atomic E-state index is 13.9. The summed E-state index contributed by atoms with van der Waals surface area (Å²) >= 11 is 0. The van der Waals surface area contributed by atoms with Gasteiger partial charge in [-0.3, -0.25) is 9.88 Å². The van der Waals surface area contributed by atoms with Crippen LogP contribution in [0.5, 0.6) is 0 Å². The third-order valence-corrected chi connectivity index (χ3v) is 6.69. The molecule has 0 radical (unpaired) electrons. The number of likely N-dealkylation sites (N-methyl/N-ethyl adjacent to an activating group) is 1. The SMILES string of the molecule is CN1CCN(Cc2ccc(NCc3cncc(C#Cc4cnn5ccc(C#N)cc45)c3)cc2C(F)(F)F)CC1. The normalized spacial score (nSPS) is 14.5. The maximum atomic E-state index is 13.9. The molecule has 4 aromatic rings. The number of nitrogens with one attached hydrogen (secondary N) is 1. The number of nitrogens with zero attached hydrogens (tertiary/aromatic N) is 6. The quantitative estimate of drug-likeness (QED) is 0.387. The molecule has 0 amide bonds. The first-order chi connectivity index (χ1) is 18.8. The lowest BCUT2D eigenvalue weighted by molar-refractivity contribution is -0.138. The molecular formula is C29H26F3N7. The average molecular weight is 530 g/mol. The van der Waals surface area contributed by atoms with Crippen molar-refractivity contribution in [2.75, 3.05) is 38.5 Å². The summed E-state index contributed by atoms with van der Waals surface area (Å²) in [5.41, 5.74) is 3.41. The van der Waals surface area contributed by atoms with E-state index in [1.165, 1.54) is 6.07 Å². The lowest BCUT2D eigenvalue weighted by Crippen LogP contribution is -2.44. The molecule has 0 unspecified atom stereocenters. The Labute approximate surface area is 224 Å². The van der Waals surface area contributed by atoms with Gasteiger partial charge in [0.05, 0.1) is 34.5 Å². The minimum Gasteiger partial charge on any atom is -0.381 e. The predicted octanol–water partition coefficient (Wildman–Crippen LogP) is 4.38. The second-order valence-corrected chi connectivity index (χ2v) is 9.55. The Bertz CT molecular complexity index is 1580. The van der Waals surface area contributed by atoms with Gasteiger partial charge in [-0.25, -0.2) is 4.52 Å². The van der Waals surface area contributed by atoms with Gasteiger partial charge in [0.15, 0.2) is 0 Å². The summed E-state index contributed by atoms with van der Waals surface area (Å²) in [6.45, 7) is 3.76. The van der Waals surface area contributed by atoms with Crippen LogP contribution in [0.4, 0.5) is 18.9 Å². The number of nitriles is 1. The lowest BCUT2D eigenvalue weighted by atomic mass is 10.0. The first-order valence-corrected chi connectivity index (χ1v) is 12.5. The van der Waals surface area contributed by atoms with E-state index in [-0.39, 0.29) is 12.1 Å². The van der Waals surface area contributed by atoms with Crippen molar-refractivity contribution in [3.8, 4) is 17.9 Å². The minimum absolute atomic E-state index is 0.276. The first kappa shape index (κ1) is 26.2. The number of pyridine rings is 2. The molecule has 3 aromatic heterocycles. The molecule has 0 saturated carbocycles. The second-order valence-electron chi connectivity index (χ2n) is 9.55. The third kappa shape index (κ3) is 6.37. The highest BCUT2D eigenvalue weighted by atomic mass is 19.4. The van der Waals surface area contributed by atoms with Crippen LogP contribution in [0.2, 0.25) is 0 Å². The second kappa shape index (κ2) is 11.2. The summed E-state index contributed by atoms with van der Waals surface area (Å²) in [6, 6.07) is 11.8. The molecule has 1 N–H and O–H groups in total. The van der Waals surface area contributed by atoms with Crippen LogP contribution >= 0.6 is 0 Å². The number of anilines is 1. The number of benzene rings is 1. The summed E-state index contributed by atoms with van der Waals surface area (Å²) in [7, 11) is 2.02. The number of aromatic nitrogens is 3. The van der Waals surface area contributed by atoms with Gasteiger partial charge >= 0.3 is 6.18 Å². The summed E-state index contributed by atoms with van der Waals surface area (Å²) in [6.07, 6.45) is 2.17. The summed E-state index contributed by atoms with van der Waals surface area (Å²) in [5.74, 6) is 6.13. The Balaban J connectivity index is 1.29. The van der Waals surface area contributed by atoms with E-state index in [2.05, 4.69) is 43.1 Å². The maximum Gasteiger partial charge on any atom is 0.416 e. The molecule has 0 aliphatic carbocycles. The standard InChI is InChI=1S/C29H26F3N7/c1-37-8-10-38(11-9-37)20-25-4-5-26(14-27(25)29(30,31)32)35-18-23-12-22(16-34-17-23)2-3-24-19-36-39-7-6-21(15-33)13-28(24)39/h4-7,12-14,16-17,19,35H,8-11,18,20H2,1H3. The summed E-state index contributed by atoms with van der Waals surface area (Å²) in [5, 5.41) is 16.5. The number of alkyl halides is 3. The van der Waals surface area contributed by atoms with Crippen LogP contribution in [-0.4, -0.2) is 57.6 Å². The number of piperazine rings is 1. The fourth-order valence-electron chi connectivity index (χ4n) is 4.48. The zero-order chi connectivity index (χ0) is 27.4. The zero-order valence-electron chi connectivity index (χ0n) is 21.3. The van der Waals surface area contributed by atoms with Crippen LogP contribution in [0.1, 0.15) is 33.4 Å². The molecule has 0 spiro atoms. The fraction of sp³-hybridized carbons (Fsp3) is 0.276. The van der Waals surface area contributed by atoms with Gasteiger partial charge in [-0.1, -0.05) is 17.9 Å². The molecule has 198 valence electrons. The van der Waals surface area contributed by atoms with Gasteiger partial charge in [-0.15, -0.1) is 0 Å². The Kier molecular flexibility index (Phi) is 7.51. The van der Waals surface area contributed by atoms with Crippen molar-refractivity contribution in [3.63, 3.8) is 0 Å². The molecule has 1 saturated heterocycles. The molecule has 1 aliphatic rings. The van der Waals surface area contributed by atoms with Crippen molar-refractivity contribution in [2.24, 2.45) is 0 Å². The van der Waals surface area contributed by atoms with E-state index < -0.39 is 11.7 Å². The number of hydrogen-bond donors (Lipinski definition) is 1. The predicted molar refractivity (Wildman–Crippen MR) is 142 cm³/mol. The van der Waals surface area contributed by atoms with Crippen molar-refractivity contribution >= 4 is 11.2 Å². The molecule has 1 fully saturated rings. The molecule has 4 heterocycles. The van der Waals surface area contributed by atoms with Crippen LogP contribution in [0.25, 0.3) is 5.52 Å². The van der Waals surface area contributed by atoms with E-state index >= 15 is 0 Å². The van der Waals surface area contributed by atoms with Crippen molar-refractivity contribution < 1.29 is 13.2 Å². The van der Waals surface area contributed by atoms with Gasteiger partial charge in [0.25, 0.3) is 0 Å². The van der Waals surface area contributed by atoms with E-state index in [1.807, 2.05) is 13.1 Å². The third-order valence-electron chi connectivity index (χ3n) is 6.69. The molecule has 7 nitrogen and oxygen atoms in total. The molecule has 5 rings (SSSR count). The van der Waals surface area contributed by atoms with Crippen molar-refractivity contribution in [2.45, 2.75) is 19.3 Å². The molecule has 0 bridgehead atoms. The fourth-order valence-corrected chi connectivity index (χ4v) is 4.48. The van der Waals surface area contributed by atoms with Crippen molar-refractivity contribution in [3.05, 3.63) is 94.6 Å². The van der Waals surface area contributed by atoms with E-state index in [0.717, 1.165) is 37.3 Å². The first-order valence-electron chi connectivity index (χ1n) is 12.5. The van der Waals surface area contributed by atoms with Crippen LogP contribution < -0.4 is 5.32 Å². The lowest BCUT2D eigenvalue weighted by Gasteiger charge is -2.33. The highest BCUT2D eigenvalue weighted by molar-refractivity contribution is 5.64. The van der Waals surface area contributed by atoms with Gasteiger partial charge in [-0.2, -0.15) is 23.5 Å². The van der Waals surface area contributed by atoms with E-state index in [9.17, 15) is 13.2 Å². The monoisotopic (exact) mass is 529 g/mol. The smallest absolute Gasteiger partial charge is 0.381 e. The van der Waals surface area contributed by atoms with Gasteiger partial charge < -0.3 is 10.2 Å². The van der Waals surface area contributed by atoms with Gasteiger partial charge in [0, 0.05) is 69.1 Å². The molecular weight excluding hydrogens is 503 g/mol.